The van der Waals surface area contributed by atoms with Crippen molar-refractivity contribution in [3.05, 3.63) is 0 Å². The summed E-state index contributed by atoms with van der Waals surface area (Å²) in [5.41, 5.74) is -0.794. The van der Waals surface area contributed by atoms with Crippen molar-refractivity contribution in [1.82, 2.24) is 9.80 Å². The first-order chi connectivity index (χ1) is 9.54. The highest BCUT2D eigenvalue weighted by Crippen LogP contribution is 2.32. The number of piperazine rings is 1. The predicted octanol–water partition coefficient (Wildman–Crippen LogP) is 2.65. The molecule has 4 nitrogen and oxygen atoms in total. The summed E-state index contributed by atoms with van der Waals surface area (Å²) in [6.07, 6.45) is 3.12. The normalized spacial score (nSPS) is 20.8. The summed E-state index contributed by atoms with van der Waals surface area (Å²) in [6, 6.07) is 2.74. The summed E-state index contributed by atoms with van der Waals surface area (Å²) in [5.74, 6) is 0.0614. The van der Waals surface area contributed by atoms with Crippen LogP contribution in [-0.4, -0.2) is 47.9 Å². The number of hydrogen-bond acceptors (Lipinski definition) is 3. The van der Waals surface area contributed by atoms with E-state index in [4.69, 9.17) is 0 Å². The minimum Gasteiger partial charge on any atom is -0.338 e. The van der Waals surface area contributed by atoms with Crippen molar-refractivity contribution in [3.63, 3.8) is 0 Å². The number of carbonyl (C=O) groups is 1. The van der Waals surface area contributed by atoms with E-state index < -0.39 is 5.41 Å². The molecule has 4 heteroatoms. The minimum absolute atomic E-state index is 0.0614. The topological polar surface area (TPSA) is 47.3 Å². The summed E-state index contributed by atoms with van der Waals surface area (Å²) in [4.78, 5) is 17.2. The van der Waals surface area contributed by atoms with Gasteiger partial charge >= 0.3 is 0 Å². The lowest BCUT2D eigenvalue weighted by Crippen LogP contribution is -2.56. The molecule has 1 fully saturated rings. The first-order valence-electron chi connectivity index (χ1n) is 7.99. The highest BCUT2D eigenvalue weighted by Gasteiger charge is 2.41. The minimum atomic E-state index is -0.794. The Hall–Kier alpha value is -1.08. The van der Waals surface area contributed by atoms with E-state index in [1.807, 2.05) is 18.7 Å². The zero-order valence-electron chi connectivity index (χ0n) is 13.5. The molecule has 1 aliphatic rings. The largest absolute Gasteiger partial charge is 0.338 e. The van der Waals surface area contributed by atoms with Gasteiger partial charge in [0.1, 0.15) is 5.41 Å². The van der Waals surface area contributed by atoms with Gasteiger partial charge in [0.2, 0.25) is 5.91 Å². The van der Waals surface area contributed by atoms with Crippen molar-refractivity contribution < 1.29 is 4.79 Å². The maximum absolute atomic E-state index is 12.9. The smallest absolute Gasteiger partial charge is 0.243 e. The number of hydrogen-bond donors (Lipinski definition) is 0. The van der Waals surface area contributed by atoms with Crippen molar-refractivity contribution in [1.29, 1.82) is 5.26 Å². The number of nitrogens with zero attached hydrogens (tertiary/aromatic N) is 3. The highest BCUT2D eigenvalue weighted by atomic mass is 16.2. The molecule has 0 saturated carbocycles. The third kappa shape index (κ3) is 3.52. The Balaban J connectivity index is 2.83. The Bertz CT molecular complexity index is 355. The molecule has 0 N–H and O–H groups in total. The zero-order chi connectivity index (χ0) is 15.2. The number of amides is 1. The summed E-state index contributed by atoms with van der Waals surface area (Å²) in [7, 11) is 0. The second-order valence-corrected chi connectivity index (χ2v) is 5.92. The second-order valence-electron chi connectivity index (χ2n) is 5.92. The van der Waals surface area contributed by atoms with Crippen LogP contribution in [-0.2, 0) is 4.79 Å². The van der Waals surface area contributed by atoms with Gasteiger partial charge in [0.15, 0.2) is 0 Å². The lowest BCUT2D eigenvalue weighted by Gasteiger charge is -2.42. The van der Waals surface area contributed by atoms with Crippen molar-refractivity contribution in [2.24, 2.45) is 5.41 Å². The fraction of sp³-hybridized carbons (Fsp3) is 0.875. The van der Waals surface area contributed by atoms with Crippen LogP contribution in [0.1, 0.15) is 53.4 Å². The van der Waals surface area contributed by atoms with Gasteiger partial charge in [-0.2, -0.15) is 5.26 Å². The van der Waals surface area contributed by atoms with Crippen LogP contribution >= 0.6 is 0 Å². The lowest BCUT2D eigenvalue weighted by molar-refractivity contribution is -0.142. The van der Waals surface area contributed by atoms with Gasteiger partial charge in [0, 0.05) is 25.7 Å². The van der Waals surface area contributed by atoms with Crippen molar-refractivity contribution in [3.8, 4) is 6.07 Å². The Morgan fingerprint density at radius 2 is 1.85 bits per heavy atom. The van der Waals surface area contributed by atoms with Crippen LogP contribution < -0.4 is 0 Å². The average molecular weight is 279 g/mol. The third-order valence-corrected chi connectivity index (χ3v) is 4.44. The van der Waals surface area contributed by atoms with Crippen molar-refractivity contribution in [2.45, 2.75) is 59.4 Å². The molecule has 0 aliphatic carbocycles. The molecule has 0 spiro atoms. The maximum atomic E-state index is 12.9. The van der Waals surface area contributed by atoms with Crippen LogP contribution in [0, 0.1) is 16.7 Å². The van der Waals surface area contributed by atoms with E-state index >= 15 is 0 Å². The first-order valence-corrected chi connectivity index (χ1v) is 7.99. The Labute approximate surface area is 123 Å². The second kappa shape index (κ2) is 7.64. The molecule has 0 aromatic heterocycles. The molecule has 0 aromatic rings. The van der Waals surface area contributed by atoms with E-state index in [-0.39, 0.29) is 5.91 Å². The SMILES string of the molecule is CCCC(C#N)(CCC)C(=O)N1CCN(CC)C(C)C1. The maximum Gasteiger partial charge on any atom is 0.243 e. The molecule has 1 heterocycles. The molecule has 0 aromatic carbocycles. The summed E-state index contributed by atoms with van der Waals surface area (Å²) in [5, 5.41) is 9.60. The molecule has 1 aliphatic heterocycles. The van der Waals surface area contributed by atoms with E-state index in [9.17, 15) is 10.1 Å². The van der Waals surface area contributed by atoms with Crippen LogP contribution in [0.15, 0.2) is 0 Å². The molecule has 20 heavy (non-hydrogen) atoms. The fourth-order valence-corrected chi connectivity index (χ4v) is 3.30. The van der Waals surface area contributed by atoms with Crippen molar-refractivity contribution in [2.75, 3.05) is 26.2 Å². The van der Waals surface area contributed by atoms with Crippen LogP contribution in [0.5, 0.6) is 0 Å². The van der Waals surface area contributed by atoms with Gasteiger partial charge in [-0.3, -0.25) is 9.69 Å². The van der Waals surface area contributed by atoms with Crippen LogP contribution in [0.25, 0.3) is 0 Å². The Morgan fingerprint density at radius 1 is 1.25 bits per heavy atom. The van der Waals surface area contributed by atoms with Gasteiger partial charge in [-0.1, -0.05) is 33.6 Å². The third-order valence-electron chi connectivity index (χ3n) is 4.44. The Kier molecular flexibility index (Phi) is 6.48. The summed E-state index contributed by atoms with van der Waals surface area (Å²) >= 11 is 0. The predicted molar refractivity (Wildman–Crippen MR) is 81.2 cm³/mol. The highest BCUT2D eigenvalue weighted by molar-refractivity contribution is 5.85. The zero-order valence-corrected chi connectivity index (χ0v) is 13.5. The monoisotopic (exact) mass is 279 g/mol. The van der Waals surface area contributed by atoms with Gasteiger partial charge < -0.3 is 4.90 Å². The van der Waals surface area contributed by atoms with E-state index in [0.29, 0.717) is 18.9 Å². The van der Waals surface area contributed by atoms with E-state index in [2.05, 4.69) is 24.8 Å². The molecule has 0 radical (unpaired) electrons. The van der Waals surface area contributed by atoms with Gasteiger partial charge in [0.05, 0.1) is 6.07 Å². The van der Waals surface area contributed by atoms with Gasteiger partial charge in [-0.25, -0.2) is 0 Å². The van der Waals surface area contributed by atoms with Gasteiger partial charge in [-0.05, 0) is 26.3 Å². The molecule has 1 saturated heterocycles. The number of likely N-dealkylation sites (N-methyl/N-ethyl adjacent to an activating group) is 1. The molecule has 1 unspecified atom stereocenters. The summed E-state index contributed by atoms with van der Waals surface area (Å²) in [6.45, 7) is 11.9. The summed E-state index contributed by atoms with van der Waals surface area (Å²) < 4.78 is 0. The fourth-order valence-electron chi connectivity index (χ4n) is 3.30. The molecular formula is C16H29N3O. The first kappa shape index (κ1) is 17.0. The van der Waals surface area contributed by atoms with Crippen molar-refractivity contribution >= 4 is 5.91 Å². The molecule has 0 bridgehead atoms. The number of rotatable bonds is 6. The van der Waals surface area contributed by atoms with Gasteiger partial charge in [0.25, 0.3) is 0 Å². The molecule has 1 atom stereocenters. The van der Waals surface area contributed by atoms with E-state index in [0.717, 1.165) is 39.0 Å². The molecule has 114 valence electrons. The van der Waals surface area contributed by atoms with Crippen LogP contribution in [0.4, 0.5) is 0 Å². The average Bonchev–Trinajstić information content (AvgIpc) is 2.46. The molecular weight excluding hydrogens is 250 g/mol. The number of nitriles is 1. The Morgan fingerprint density at radius 3 is 2.25 bits per heavy atom. The van der Waals surface area contributed by atoms with Gasteiger partial charge in [-0.15, -0.1) is 0 Å². The number of carbonyl (C=O) groups excluding carboxylic acids is 1. The molecule has 1 rings (SSSR count). The quantitative estimate of drug-likeness (QED) is 0.751. The molecule has 1 amide bonds. The van der Waals surface area contributed by atoms with E-state index in [1.165, 1.54) is 0 Å². The standard InChI is InChI=1S/C16H29N3O/c1-5-8-16(13-17,9-6-2)15(20)19-11-10-18(7-3)14(4)12-19/h14H,5-12H2,1-4H3. The van der Waals surface area contributed by atoms with Crippen LogP contribution in [0.3, 0.4) is 0 Å². The van der Waals surface area contributed by atoms with E-state index in [1.54, 1.807) is 0 Å². The van der Waals surface area contributed by atoms with Crippen LogP contribution in [0.2, 0.25) is 0 Å². The lowest BCUT2D eigenvalue weighted by atomic mass is 9.79.